The van der Waals surface area contributed by atoms with Crippen molar-refractivity contribution in [3.8, 4) is 5.75 Å². The van der Waals surface area contributed by atoms with Gasteiger partial charge in [0.2, 0.25) is 15.9 Å². The van der Waals surface area contributed by atoms with Crippen molar-refractivity contribution >= 4 is 50.8 Å². The van der Waals surface area contributed by atoms with E-state index in [1.807, 2.05) is 0 Å². The summed E-state index contributed by atoms with van der Waals surface area (Å²) in [6.07, 6.45) is 0. The number of sulfonamides is 1. The minimum absolute atomic E-state index is 0.0461. The summed E-state index contributed by atoms with van der Waals surface area (Å²) in [5.41, 5.74) is 0.692. The molecule has 4 rings (SSSR count). The second-order valence-electron chi connectivity index (χ2n) is 9.29. The molecule has 0 saturated carbocycles. The number of para-hydroxylation sites is 2. The molecule has 0 bridgehead atoms. The Morgan fingerprint density at radius 3 is 2.49 bits per heavy atom. The van der Waals surface area contributed by atoms with E-state index in [0.29, 0.717) is 17.0 Å². The molecule has 0 unspecified atom stereocenters. The van der Waals surface area contributed by atoms with Gasteiger partial charge in [0.25, 0.3) is 11.6 Å². The Hall–Kier alpha value is -4.53. The summed E-state index contributed by atoms with van der Waals surface area (Å²) < 4.78 is 38.2. The normalized spacial score (nSPS) is 13.2. The minimum atomic E-state index is -4.24. The molecule has 0 atom stereocenters. The number of rotatable bonds is 11. The van der Waals surface area contributed by atoms with Crippen LogP contribution < -0.4 is 14.4 Å². The smallest absolute Gasteiger partial charge is 0.302 e. The highest BCUT2D eigenvalue weighted by Crippen LogP contribution is 2.30. The Morgan fingerprint density at radius 1 is 1.05 bits per heavy atom. The lowest BCUT2D eigenvalue weighted by Crippen LogP contribution is -2.43. The maximum Gasteiger partial charge on any atom is 0.302 e. The number of hydrogen-bond donors (Lipinski definition) is 1. The van der Waals surface area contributed by atoms with Gasteiger partial charge in [-0.3, -0.25) is 29.4 Å². The third-order valence-corrected chi connectivity index (χ3v) is 8.21. The van der Waals surface area contributed by atoms with Gasteiger partial charge in [0.15, 0.2) is 4.90 Å². The van der Waals surface area contributed by atoms with Gasteiger partial charge in [-0.15, -0.1) is 0 Å². The van der Waals surface area contributed by atoms with Crippen LogP contribution in [0.15, 0.2) is 71.6 Å². The van der Waals surface area contributed by atoms with Crippen LogP contribution in [0.4, 0.5) is 11.4 Å². The molecular formula is C28H27ClN4O9S. The van der Waals surface area contributed by atoms with Gasteiger partial charge in [0, 0.05) is 38.3 Å². The van der Waals surface area contributed by atoms with Crippen molar-refractivity contribution in [1.29, 1.82) is 0 Å². The van der Waals surface area contributed by atoms with Gasteiger partial charge >= 0.3 is 5.97 Å². The number of nitro groups is 1. The highest BCUT2D eigenvalue weighted by molar-refractivity contribution is 7.89. The van der Waals surface area contributed by atoms with Crippen molar-refractivity contribution in [2.24, 2.45) is 0 Å². The van der Waals surface area contributed by atoms with Crippen molar-refractivity contribution in [1.82, 2.24) is 9.62 Å². The quantitative estimate of drug-likeness (QED) is 0.145. The van der Waals surface area contributed by atoms with Gasteiger partial charge in [-0.05, 0) is 35.9 Å². The molecule has 2 amide bonds. The SMILES string of the molecule is CC(=O)OCCOc1ccc(C(=O)N2CC(=O)N(CCNS(=O)(=O)c3ccccc3[N+](=O)[O-])Cc3ccccc32)c(Cl)c1. The molecule has 0 saturated heterocycles. The summed E-state index contributed by atoms with van der Waals surface area (Å²) in [6, 6.07) is 16.3. The number of hydrogen-bond acceptors (Lipinski definition) is 9. The fraction of sp³-hybridized carbons (Fsp3) is 0.250. The number of esters is 1. The number of ether oxygens (including phenoxy) is 2. The van der Waals surface area contributed by atoms with Crippen LogP contribution in [0, 0.1) is 10.1 Å². The number of nitrogens with zero attached hydrogens (tertiary/aromatic N) is 3. The molecule has 226 valence electrons. The molecule has 0 aliphatic carbocycles. The molecule has 1 N–H and O–H groups in total. The zero-order valence-corrected chi connectivity index (χ0v) is 24.5. The Balaban J connectivity index is 1.47. The highest BCUT2D eigenvalue weighted by Gasteiger charge is 2.31. The number of nitrogens with one attached hydrogen (secondary N) is 1. The fourth-order valence-electron chi connectivity index (χ4n) is 4.38. The van der Waals surface area contributed by atoms with E-state index in [-0.39, 0.29) is 50.0 Å². The summed E-state index contributed by atoms with van der Waals surface area (Å²) in [5, 5.41) is 11.4. The lowest BCUT2D eigenvalue weighted by atomic mass is 10.1. The van der Waals surface area contributed by atoms with Gasteiger partial charge < -0.3 is 14.4 Å². The fourth-order valence-corrected chi connectivity index (χ4v) is 5.83. The van der Waals surface area contributed by atoms with Gasteiger partial charge in [-0.25, -0.2) is 13.1 Å². The number of fused-ring (bicyclic) bond motifs is 1. The molecule has 1 aliphatic rings. The zero-order valence-electron chi connectivity index (χ0n) is 22.9. The van der Waals surface area contributed by atoms with E-state index < -0.39 is 43.3 Å². The summed E-state index contributed by atoms with van der Waals surface area (Å²) >= 11 is 6.42. The lowest BCUT2D eigenvalue weighted by Gasteiger charge is -2.23. The van der Waals surface area contributed by atoms with Gasteiger partial charge in [-0.2, -0.15) is 0 Å². The van der Waals surface area contributed by atoms with Crippen molar-refractivity contribution < 1.29 is 37.2 Å². The molecule has 0 aromatic heterocycles. The number of carbonyl (C=O) groups is 3. The van der Waals surface area contributed by atoms with E-state index in [1.54, 1.807) is 24.3 Å². The van der Waals surface area contributed by atoms with E-state index in [2.05, 4.69) is 4.72 Å². The number of carbonyl (C=O) groups excluding carboxylic acids is 3. The topological polar surface area (TPSA) is 165 Å². The summed E-state index contributed by atoms with van der Waals surface area (Å²) in [6.45, 7) is 0.885. The average molecular weight is 631 g/mol. The van der Waals surface area contributed by atoms with Gasteiger partial charge in [0.05, 0.1) is 15.5 Å². The van der Waals surface area contributed by atoms with Crippen molar-refractivity contribution in [3.63, 3.8) is 0 Å². The second kappa shape index (κ2) is 13.6. The van der Waals surface area contributed by atoms with Crippen LogP contribution in [0.3, 0.4) is 0 Å². The molecule has 0 radical (unpaired) electrons. The van der Waals surface area contributed by atoms with Crippen LogP contribution in [0.2, 0.25) is 5.02 Å². The van der Waals surface area contributed by atoms with Crippen molar-refractivity contribution in [2.45, 2.75) is 18.4 Å². The zero-order chi connectivity index (χ0) is 31.1. The first kappa shape index (κ1) is 31.4. The number of benzene rings is 3. The Kier molecular flexibility index (Phi) is 9.95. The standard InChI is InChI=1S/C28H27ClN4O9S/c1-19(34)41-14-15-42-21-10-11-22(23(29)16-21)28(36)32-18-27(35)31(17-20-6-2-3-7-24(20)32)13-12-30-43(39,40)26-9-5-4-8-25(26)33(37)38/h2-11,16,30H,12-15,17-18H2,1H3. The van der Waals surface area contributed by atoms with E-state index >= 15 is 0 Å². The Morgan fingerprint density at radius 2 is 1.77 bits per heavy atom. The Bertz CT molecular complexity index is 1670. The molecule has 43 heavy (non-hydrogen) atoms. The van der Waals surface area contributed by atoms with Gasteiger partial charge in [-0.1, -0.05) is 41.9 Å². The average Bonchev–Trinajstić information content (AvgIpc) is 3.11. The molecule has 3 aromatic carbocycles. The van der Waals surface area contributed by atoms with Crippen LogP contribution in [0.25, 0.3) is 0 Å². The molecule has 15 heteroatoms. The maximum absolute atomic E-state index is 13.6. The third-order valence-electron chi connectivity index (χ3n) is 6.39. The monoisotopic (exact) mass is 630 g/mol. The lowest BCUT2D eigenvalue weighted by molar-refractivity contribution is -0.387. The minimum Gasteiger partial charge on any atom is -0.490 e. The van der Waals surface area contributed by atoms with E-state index in [9.17, 15) is 32.9 Å². The van der Waals surface area contributed by atoms with E-state index in [1.165, 1.54) is 47.1 Å². The van der Waals surface area contributed by atoms with E-state index in [0.717, 1.165) is 12.1 Å². The summed E-state index contributed by atoms with van der Waals surface area (Å²) in [4.78, 5) is 50.6. The maximum atomic E-state index is 13.6. The summed E-state index contributed by atoms with van der Waals surface area (Å²) in [7, 11) is -4.24. The molecule has 0 spiro atoms. The molecule has 3 aromatic rings. The van der Waals surface area contributed by atoms with Crippen LogP contribution >= 0.6 is 11.6 Å². The highest BCUT2D eigenvalue weighted by atomic mass is 35.5. The number of halogens is 1. The predicted molar refractivity (Wildman–Crippen MR) is 155 cm³/mol. The van der Waals surface area contributed by atoms with Crippen LogP contribution in [0.5, 0.6) is 5.75 Å². The van der Waals surface area contributed by atoms with Crippen molar-refractivity contribution in [2.75, 3.05) is 37.7 Å². The molecule has 0 fully saturated rings. The molecule has 13 nitrogen and oxygen atoms in total. The van der Waals surface area contributed by atoms with E-state index in [4.69, 9.17) is 21.1 Å². The van der Waals surface area contributed by atoms with Crippen molar-refractivity contribution in [3.05, 3.63) is 93.0 Å². The number of nitro benzene ring substituents is 1. The number of anilines is 1. The first-order valence-electron chi connectivity index (χ1n) is 12.9. The first-order valence-corrected chi connectivity index (χ1v) is 14.8. The first-order chi connectivity index (χ1) is 20.5. The van der Waals surface area contributed by atoms with Crippen LogP contribution in [-0.2, 0) is 30.9 Å². The Labute approximate surface area is 252 Å². The molecule has 1 heterocycles. The third kappa shape index (κ3) is 7.66. The van der Waals surface area contributed by atoms with Crippen LogP contribution in [0.1, 0.15) is 22.8 Å². The van der Waals surface area contributed by atoms with Crippen LogP contribution in [-0.4, -0.2) is 68.9 Å². The largest absolute Gasteiger partial charge is 0.490 e. The second-order valence-corrected chi connectivity index (χ2v) is 11.4. The van der Waals surface area contributed by atoms with Gasteiger partial charge in [0.1, 0.15) is 25.5 Å². The molecular weight excluding hydrogens is 604 g/mol. The molecule has 1 aliphatic heterocycles. The predicted octanol–water partition coefficient (Wildman–Crippen LogP) is 3.16. The summed E-state index contributed by atoms with van der Waals surface area (Å²) in [5.74, 6) is -1.06. The number of amides is 2.